The molecule has 6 heteroatoms. The zero-order chi connectivity index (χ0) is 17.8. The van der Waals surface area contributed by atoms with Crippen molar-refractivity contribution in [2.75, 3.05) is 13.7 Å². The summed E-state index contributed by atoms with van der Waals surface area (Å²) in [6, 6.07) is 12.0. The van der Waals surface area contributed by atoms with Crippen LogP contribution < -0.4 is 20.9 Å². The van der Waals surface area contributed by atoms with Crippen LogP contribution in [0.25, 0.3) is 0 Å². The van der Waals surface area contributed by atoms with Gasteiger partial charge in [-0.25, -0.2) is 10.4 Å². The van der Waals surface area contributed by atoms with Crippen LogP contribution in [0.2, 0.25) is 0 Å². The van der Waals surface area contributed by atoms with Crippen molar-refractivity contribution >= 4 is 5.91 Å². The fraction of sp³-hybridized carbons (Fsp3) is 0.368. The van der Waals surface area contributed by atoms with Crippen molar-refractivity contribution in [1.82, 2.24) is 21.2 Å². The lowest BCUT2D eigenvalue weighted by Gasteiger charge is -2.19. The number of hydrazine groups is 1. The van der Waals surface area contributed by atoms with Gasteiger partial charge in [-0.05, 0) is 31.0 Å². The summed E-state index contributed by atoms with van der Waals surface area (Å²) in [5.41, 5.74) is 10.3. The van der Waals surface area contributed by atoms with Gasteiger partial charge in [0.15, 0.2) is 0 Å². The molecule has 6 nitrogen and oxygen atoms in total. The first-order valence-corrected chi connectivity index (χ1v) is 8.42. The lowest BCUT2D eigenvalue weighted by atomic mass is 9.94. The van der Waals surface area contributed by atoms with E-state index in [-0.39, 0.29) is 17.9 Å². The number of aryl methyl sites for hydroxylation is 2. The molecule has 1 aliphatic heterocycles. The van der Waals surface area contributed by atoms with Gasteiger partial charge in [0.25, 0.3) is 0 Å². The molecular formula is C19H24N4O2. The van der Waals surface area contributed by atoms with E-state index in [9.17, 15) is 4.79 Å². The minimum absolute atomic E-state index is 0.00776. The third-order valence-corrected chi connectivity index (χ3v) is 4.55. The average molecular weight is 340 g/mol. The first-order valence-electron chi connectivity index (χ1n) is 8.42. The summed E-state index contributed by atoms with van der Waals surface area (Å²) in [6.45, 7) is 4.93. The topological polar surface area (TPSA) is 75.3 Å². The standard InChI is InChI=1S/C19H24N4O2/c1-12-9-13(2)22-19(25-3)15(12)10-20-18(24)16-11-21-23-17(16)14-7-5-4-6-8-14/h4-9,16-17,21,23H,10-11H2,1-3H3,(H,20,24). The van der Waals surface area contributed by atoms with Gasteiger partial charge < -0.3 is 10.1 Å². The molecule has 0 saturated carbocycles. The minimum atomic E-state index is -0.174. The quantitative estimate of drug-likeness (QED) is 0.774. The van der Waals surface area contributed by atoms with Gasteiger partial charge in [0.2, 0.25) is 11.8 Å². The molecule has 0 aliphatic carbocycles. The number of benzene rings is 1. The van der Waals surface area contributed by atoms with Gasteiger partial charge in [0.05, 0.1) is 19.1 Å². The van der Waals surface area contributed by atoms with Crippen LogP contribution in [0.3, 0.4) is 0 Å². The van der Waals surface area contributed by atoms with E-state index in [4.69, 9.17) is 4.74 Å². The number of hydrogen-bond donors (Lipinski definition) is 3. The smallest absolute Gasteiger partial charge is 0.226 e. The Labute approximate surface area is 148 Å². The van der Waals surface area contributed by atoms with E-state index in [1.165, 1.54) is 0 Å². The molecule has 0 spiro atoms. The summed E-state index contributed by atoms with van der Waals surface area (Å²) in [5, 5.41) is 3.04. The van der Waals surface area contributed by atoms with Gasteiger partial charge in [-0.15, -0.1) is 0 Å². The van der Waals surface area contributed by atoms with E-state index in [0.717, 1.165) is 22.4 Å². The molecule has 2 aromatic rings. The highest BCUT2D eigenvalue weighted by Gasteiger charge is 2.33. The SMILES string of the molecule is COc1nc(C)cc(C)c1CNC(=O)C1CNNC1c1ccccc1. The number of hydrogen-bond acceptors (Lipinski definition) is 5. The Morgan fingerprint density at radius 3 is 2.80 bits per heavy atom. The monoisotopic (exact) mass is 340 g/mol. The molecule has 1 aliphatic rings. The largest absolute Gasteiger partial charge is 0.481 e. The van der Waals surface area contributed by atoms with Crippen molar-refractivity contribution in [3.63, 3.8) is 0 Å². The van der Waals surface area contributed by atoms with E-state index < -0.39 is 0 Å². The van der Waals surface area contributed by atoms with Gasteiger partial charge >= 0.3 is 0 Å². The Morgan fingerprint density at radius 1 is 1.32 bits per heavy atom. The highest BCUT2D eigenvalue weighted by atomic mass is 16.5. The van der Waals surface area contributed by atoms with Crippen molar-refractivity contribution in [1.29, 1.82) is 0 Å². The van der Waals surface area contributed by atoms with Crippen LogP contribution in [0.1, 0.15) is 28.4 Å². The summed E-state index contributed by atoms with van der Waals surface area (Å²) in [7, 11) is 1.60. The Balaban J connectivity index is 1.71. The highest BCUT2D eigenvalue weighted by molar-refractivity contribution is 5.80. The molecule has 1 fully saturated rings. The predicted molar refractivity (Wildman–Crippen MR) is 95.9 cm³/mol. The molecule has 132 valence electrons. The number of aromatic nitrogens is 1. The normalized spacial score (nSPS) is 19.6. The number of pyridine rings is 1. The Hall–Kier alpha value is -2.44. The molecule has 1 aromatic carbocycles. The van der Waals surface area contributed by atoms with E-state index in [1.54, 1.807) is 7.11 Å². The zero-order valence-electron chi connectivity index (χ0n) is 14.8. The maximum atomic E-state index is 12.7. The van der Waals surface area contributed by atoms with E-state index in [0.29, 0.717) is 19.0 Å². The molecule has 2 atom stereocenters. The first kappa shape index (κ1) is 17.4. The van der Waals surface area contributed by atoms with Gasteiger partial charge in [-0.1, -0.05) is 30.3 Å². The second-order valence-electron chi connectivity index (χ2n) is 6.31. The van der Waals surface area contributed by atoms with Gasteiger partial charge in [0, 0.05) is 24.3 Å². The first-order chi connectivity index (χ1) is 12.1. The Kier molecular flexibility index (Phi) is 5.31. The molecule has 0 radical (unpaired) electrons. The van der Waals surface area contributed by atoms with Crippen molar-refractivity contribution in [3.8, 4) is 5.88 Å². The third-order valence-electron chi connectivity index (χ3n) is 4.55. The summed E-state index contributed by atoms with van der Waals surface area (Å²) in [4.78, 5) is 17.1. The summed E-state index contributed by atoms with van der Waals surface area (Å²) >= 11 is 0. The van der Waals surface area contributed by atoms with Gasteiger partial charge in [-0.2, -0.15) is 0 Å². The molecule has 2 unspecified atom stereocenters. The van der Waals surface area contributed by atoms with Gasteiger partial charge in [0.1, 0.15) is 0 Å². The molecule has 2 heterocycles. The molecule has 3 rings (SSSR count). The predicted octanol–water partition coefficient (Wildman–Crippen LogP) is 1.79. The highest BCUT2D eigenvalue weighted by Crippen LogP contribution is 2.25. The van der Waals surface area contributed by atoms with Crippen LogP contribution >= 0.6 is 0 Å². The van der Waals surface area contributed by atoms with E-state index in [2.05, 4.69) is 21.2 Å². The van der Waals surface area contributed by atoms with Crippen molar-refractivity contribution in [3.05, 3.63) is 58.8 Å². The molecule has 1 amide bonds. The zero-order valence-corrected chi connectivity index (χ0v) is 14.8. The number of nitrogens with one attached hydrogen (secondary N) is 3. The van der Waals surface area contributed by atoms with Crippen LogP contribution in [0.15, 0.2) is 36.4 Å². The van der Waals surface area contributed by atoms with E-state index in [1.807, 2.05) is 50.2 Å². The van der Waals surface area contributed by atoms with Crippen LogP contribution in [0.5, 0.6) is 5.88 Å². The Morgan fingerprint density at radius 2 is 2.08 bits per heavy atom. The molecule has 3 N–H and O–H groups in total. The number of rotatable bonds is 5. The Bertz CT molecular complexity index is 749. The number of ether oxygens (including phenoxy) is 1. The lowest BCUT2D eigenvalue weighted by molar-refractivity contribution is -0.125. The van der Waals surface area contributed by atoms with Crippen LogP contribution in [-0.2, 0) is 11.3 Å². The second kappa shape index (κ2) is 7.63. The molecule has 1 aromatic heterocycles. The maximum absolute atomic E-state index is 12.7. The second-order valence-corrected chi connectivity index (χ2v) is 6.31. The van der Waals surface area contributed by atoms with Crippen molar-refractivity contribution in [2.24, 2.45) is 5.92 Å². The molecule has 1 saturated heterocycles. The summed E-state index contributed by atoms with van der Waals surface area (Å²) in [6.07, 6.45) is 0. The van der Waals surface area contributed by atoms with Crippen LogP contribution in [-0.4, -0.2) is 24.5 Å². The number of nitrogens with zero attached hydrogens (tertiary/aromatic N) is 1. The maximum Gasteiger partial charge on any atom is 0.226 e. The third kappa shape index (κ3) is 3.81. The summed E-state index contributed by atoms with van der Waals surface area (Å²) in [5.74, 6) is 0.403. The van der Waals surface area contributed by atoms with Gasteiger partial charge in [-0.3, -0.25) is 10.2 Å². The lowest BCUT2D eigenvalue weighted by Crippen LogP contribution is -2.35. The number of methoxy groups -OCH3 is 1. The number of amides is 1. The molecular weight excluding hydrogens is 316 g/mol. The van der Waals surface area contributed by atoms with Crippen LogP contribution in [0.4, 0.5) is 0 Å². The van der Waals surface area contributed by atoms with Crippen molar-refractivity contribution < 1.29 is 9.53 Å². The number of carbonyl (C=O) groups is 1. The summed E-state index contributed by atoms with van der Waals surface area (Å²) < 4.78 is 5.37. The average Bonchev–Trinajstić information content (AvgIpc) is 3.10. The van der Waals surface area contributed by atoms with E-state index >= 15 is 0 Å². The fourth-order valence-electron chi connectivity index (χ4n) is 3.24. The fourth-order valence-corrected chi connectivity index (χ4v) is 3.24. The van der Waals surface area contributed by atoms with Crippen molar-refractivity contribution in [2.45, 2.75) is 26.4 Å². The van der Waals surface area contributed by atoms with Crippen LogP contribution in [0, 0.1) is 19.8 Å². The molecule has 0 bridgehead atoms. The minimum Gasteiger partial charge on any atom is -0.481 e. The number of carbonyl (C=O) groups excluding carboxylic acids is 1. The molecule has 25 heavy (non-hydrogen) atoms.